The molecule has 108 valence electrons. The van der Waals surface area contributed by atoms with Crippen molar-refractivity contribution in [2.75, 3.05) is 6.54 Å². The molecule has 4 heteroatoms. The number of nitrogens with zero attached hydrogens (tertiary/aromatic N) is 1. The molecule has 0 spiro atoms. The second-order valence-electron chi connectivity index (χ2n) is 5.59. The van der Waals surface area contributed by atoms with Gasteiger partial charge in [0, 0.05) is 18.5 Å². The van der Waals surface area contributed by atoms with Gasteiger partial charge in [-0.2, -0.15) is 0 Å². The van der Waals surface area contributed by atoms with Crippen LogP contribution in [0.5, 0.6) is 0 Å². The standard InChI is InChI=1S/C16H22N2O2/c1-12(2)18(11-13-6-4-3-5-7-13)15(19)10-17-16(20)14-8-9-14/h3-7,12,14H,8-11H2,1-2H3,(H,17,20). The van der Waals surface area contributed by atoms with Gasteiger partial charge >= 0.3 is 0 Å². The highest BCUT2D eigenvalue weighted by atomic mass is 16.2. The quantitative estimate of drug-likeness (QED) is 0.862. The van der Waals surface area contributed by atoms with Crippen molar-refractivity contribution in [2.45, 2.75) is 39.3 Å². The molecule has 1 fully saturated rings. The van der Waals surface area contributed by atoms with E-state index in [-0.39, 0.29) is 30.3 Å². The monoisotopic (exact) mass is 274 g/mol. The van der Waals surface area contributed by atoms with Gasteiger partial charge in [-0.1, -0.05) is 30.3 Å². The van der Waals surface area contributed by atoms with Gasteiger partial charge in [-0.05, 0) is 32.3 Å². The molecule has 0 bridgehead atoms. The Hall–Kier alpha value is -1.84. The second-order valence-corrected chi connectivity index (χ2v) is 5.59. The maximum Gasteiger partial charge on any atom is 0.242 e. The van der Waals surface area contributed by atoms with Gasteiger partial charge in [0.2, 0.25) is 11.8 Å². The van der Waals surface area contributed by atoms with Gasteiger partial charge in [-0.25, -0.2) is 0 Å². The molecular formula is C16H22N2O2. The molecule has 2 rings (SSSR count). The van der Waals surface area contributed by atoms with E-state index in [1.165, 1.54) is 0 Å². The van der Waals surface area contributed by atoms with Crippen LogP contribution in [-0.2, 0) is 16.1 Å². The molecule has 4 nitrogen and oxygen atoms in total. The highest BCUT2D eigenvalue weighted by Crippen LogP contribution is 2.28. The third-order valence-corrected chi connectivity index (χ3v) is 3.50. The van der Waals surface area contributed by atoms with Crippen LogP contribution in [0.25, 0.3) is 0 Å². The van der Waals surface area contributed by atoms with E-state index in [4.69, 9.17) is 0 Å². The van der Waals surface area contributed by atoms with E-state index in [1.54, 1.807) is 4.90 Å². The summed E-state index contributed by atoms with van der Waals surface area (Å²) < 4.78 is 0. The van der Waals surface area contributed by atoms with Gasteiger partial charge in [0.15, 0.2) is 0 Å². The summed E-state index contributed by atoms with van der Waals surface area (Å²) in [5, 5.41) is 2.74. The molecule has 1 saturated carbocycles. The summed E-state index contributed by atoms with van der Waals surface area (Å²) in [4.78, 5) is 25.6. The minimum atomic E-state index is -0.0298. The molecule has 1 aromatic rings. The summed E-state index contributed by atoms with van der Waals surface area (Å²) in [6.07, 6.45) is 1.91. The van der Waals surface area contributed by atoms with E-state index in [1.807, 2.05) is 44.2 Å². The van der Waals surface area contributed by atoms with Crippen molar-refractivity contribution in [1.29, 1.82) is 0 Å². The van der Waals surface area contributed by atoms with Crippen molar-refractivity contribution < 1.29 is 9.59 Å². The Morgan fingerprint density at radius 2 is 1.90 bits per heavy atom. The van der Waals surface area contributed by atoms with Gasteiger partial charge in [-0.3, -0.25) is 9.59 Å². The highest BCUT2D eigenvalue weighted by molar-refractivity contribution is 5.87. The number of rotatable bonds is 6. The molecular weight excluding hydrogens is 252 g/mol. The SMILES string of the molecule is CC(C)N(Cc1ccccc1)C(=O)CNC(=O)C1CC1. The first-order chi connectivity index (χ1) is 9.58. The highest BCUT2D eigenvalue weighted by Gasteiger charge is 2.30. The number of carbonyl (C=O) groups is 2. The lowest BCUT2D eigenvalue weighted by atomic mass is 10.2. The molecule has 1 N–H and O–H groups in total. The molecule has 0 saturated heterocycles. The van der Waals surface area contributed by atoms with E-state index in [9.17, 15) is 9.59 Å². The second kappa shape index (κ2) is 6.55. The zero-order valence-electron chi connectivity index (χ0n) is 12.1. The fraction of sp³-hybridized carbons (Fsp3) is 0.500. The van der Waals surface area contributed by atoms with Crippen LogP contribution in [-0.4, -0.2) is 29.3 Å². The predicted octanol–water partition coefficient (Wildman–Crippen LogP) is 1.95. The fourth-order valence-corrected chi connectivity index (χ4v) is 2.09. The summed E-state index contributed by atoms with van der Waals surface area (Å²) in [5.41, 5.74) is 1.10. The zero-order valence-corrected chi connectivity index (χ0v) is 12.1. The van der Waals surface area contributed by atoms with Crippen LogP contribution in [0, 0.1) is 5.92 Å². The summed E-state index contributed by atoms with van der Waals surface area (Å²) >= 11 is 0. The molecule has 20 heavy (non-hydrogen) atoms. The molecule has 1 aliphatic carbocycles. The van der Waals surface area contributed by atoms with Gasteiger partial charge < -0.3 is 10.2 Å². The van der Waals surface area contributed by atoms with Crippen molar-refractivity contribution in [3.05, 3.63) is 35.9 Å². The van der Waals surface area contributed by atoms with Crippen molar-refractivity contribution in [3.63, 3.8) is 0 Å². The maximum atomic E-state index is 12.2. The number of hydrogen-bond donors (Lipinski definition) is 1. The lowest BCUT2D eigenvalue weighted by Gasteiger charge is -2.27. The number of nitrogens with one attached hydrogen (secondary N) is 1. The van der Waals surface area contributed by atoms with E-state index < -0.39 is 0 Å². The van der Waals surface area contributed by atoms with Crippen molar-refractivity contribution >= 4 is 11.8 Å². The Morgan fingerprint density at radius 1 is 1.25 bits per heavy atom. The molecule has 0 radical (unpaired) electrons. The van der Waals surface area contributed by atoms with Crippen molar-refractivity contribution in [3.8, 4) is 0 Å². The molecule has 1 aromatic carbocycles. The predicted molar refractivity (Wildman–Crippen MR) is 77.9 cm³/mol. The van der Waals surface area contributed by atoms with E-state index >= 15 is 0 Å². The van der Waals surface area contributed by atoms with Crippen LogP contribution in [0.15, 0.2) is 30.3 Å². The Kier molecular flexibility index (Phi) is 4.77. The molecule has 0 unspecified atom stereocenters. The van der Waals surface area contributed by atoms with Gasteiger partial charge in [0.05, 0.1) is 6.54 Å². The summed E-state index contributed by atoms with van der Waals surface area (Å²) in [6, 6.07) is 10.0. The molecule has 0 atom stereocenters. The third-order valence-electron chi connectivity index (χ3n) is 3.50. The summed E-state index contributed by atoms with van der Waals surface area (Å²) in [7, 11) is 0. The minimum Gasteiger partial charge on any atom is -0.347 e. The lowest BCUT2D eigenvalue weighted by Crippen LogP contribution is -2.43. The normalized spacial score (nSPS) is 14.2. The number of hydrogen-bond acceptors (Lipinski definition) is 2. The Labute approximate surface area is 120 Å². The first-order valence-corrected chi connectivity index (χ1v) is 7.19. The molecule has 1 aliphatic rings. The van der Waals surface area contributed by atoms with Crippen LogP contribution in [0.2, 0.25) is 0 Å². The van der Waals surface area contributed by atoms with E-state index in [0.29, 0.717) is 6.54 Å². The molecule has 2 amide bonds. The van der Waals surface area contributed by atoms with E-state index in [2.05, 4.69) is 5.32 Å². The topological polar surface area (TPSA) is 49.4 Å². The minimum absolute atomic E-state index is 0.0155. The average Bonchev–Trinajstić information content (AvgIpc) is 3.27. The van der Waals surface area contributed by atoms with Crippen LogP contribution in [0.4, 0.5) is 0 Å². The smallest absolute Gasteiger partial charge is 0.242 e. The third kappa shape index (κ3) is 4.08. The number of amides is 2. The van der Waals surface area contributed by atoms with Gasteiger partial charge in [0.1, 0.15) is 0 Å². The van der Waals surface area contributed by atoms with Crippen LogP contribution >= 0.6 is 0 Å². The molecule has 0 aromatic heterocycles. The largest absolute Gasteiger partial charge is 0.347 e. The first-order valence-electron chi connectivity index (χ1n) is 7.19. The average molecular weight is 274 g/mol. The summed E-state index contributed by atoms with van der Waals surface area (Å²) in [5.74, 6) is 0.129. The number of benzene rings is 1. The Balaban J connectivity index is 1.90. The van der Waals surface area contributed by atoms with Crippen molar-refractivity contribution in [2.24, 2.45) is 5.92 Å². The van der Waals surface area contributed by atoms with Crippen LogP contribution < -0.4 is 5.32 Å². The van der Waals surface area contributed by atoms with Gasteiger partial charge in [-0.15, -0.1) is 0 Å². The zero-order chi connectivity index (χ0) is 14.5. The van der Waals surface area contributed by atoms with Crippen LogP contribution in [0.1, 0.15) is 32.3 Å². The maximum absolute atomic E-state index is 12.2. The first kappa shape index (κ1) is 14.6. The molecule has 0 heterocycles. The van der Waals surface area contributed by atoms with Crippen LogP contribution in [0.3, 0.4) is 0 Å². The summed E-state index contributed by atoms with van der Waals surface area (Å²) in [6.45, 7) is 4.66. The molecule has 0 aliphatic heterocycles. The lowest BCUT2D eigenvalue weighted by molar-refractivity contribution is -0.135. The number of carbonyl (C=O) groups excluding carboxylic acids is 2. The Bertz CT molecular complexity index is 467. The Morgan fingerprint density at radius 3 is 2.45 bits per heavy atom. The fourth-order valence-electron chi connectivity index (χ4n) is 2.09. The van der Waals surface area contributed by atoms with Crippen molar-refractivity contribution in [1.82, 2.24) is 10.2 Å². The van der Waals surface area contributed by atoms with Gasteiger partial charge in [0.25, 0.3) is 0 Å². The van der Waals surface area contributed by atoms with E-state index in [0.717, 1.165) is 18.4 Å².